The maximum Gasteiger partial charge on any atom is 0.327 e. The normalized spacial score (nSPS) is 17.3. The third kappa shape index (κ3) is 16.1. The molecule has 0 radical (unpaired) electrons. The summed E-state index contributed by atoms with van der Waals surface area (Å²) in [7, 11) is 0. The largest absolute Gasteiger partial charge is 0.481 e. The Morgan fingerprint density at radius 1 is 0.818 bits per heavy atom. The van der Waals surface area contributed by atoms with Crippen LogP contribution in [-0.4, -0.2) is 152 Å². The van der Waals surface area contributed by atoms with E-state index in [1.165, 1.54) is 11.8 Å². The molecular formula is C43H65N9O11S3. The van der Waals surface area contributed by atoms with Crippen molar-refractivity contribution in [3.05, 3.63) is 36.0 Å². The molecule has 0 spiro atoms. The lowest BCUT2D eigenvalue weighted by atomic mass is 9.97. The molecule has 2 heterocycles. The molecule has 1 fully saturated rings. The number of benzene rings is 1. The van der Waals surface area contributed by atoms with Gasteiger partial charge in [0.05, 0.1) is 12.5 Å². The van der Waals surface area contributed by atoms with Crippen LogP contribution >= 0.6 is 37.0 Å². The van der Waals surface area contributed by atoms with E-state index in [9.17, 15) is 53.4 Å². The van der Waals surface area contributed by atoms with Gasteiger partial charge >= 0.3 is 11.9 Å². The lowest BCUT2D eigenvalue weighted by Gasteiger charge is -2.31. The third-order valence-electron chi connectivity index (χ3n) is 11.3. The van der Waals surface area contributed by atoms with Gasteiger partial charge in [0.25, 0.3) is 0 Å². The van der Waals surface area contributed by atoms with Crippen LogP contribution in [0.4, 0.5) is 0 Å². The molecule has 23 heteroatoms. The maximum atomic E-state index is 14.3. The van der Waals surface area contributed by atoms with Gasteiger partial charge in [-0.2, -0.15) is 37.0 Å². The number of nitrogens with two attached hydrogens (primary N) is 1. The third-order valence-corrected chi connectivity index (χ3v) is 12.7. The fourth-order valence-corrected chi connectivity index (χ4v) is 8.28. The quantitative estimate of drug-likeness (QED) is 0.0534. The molecule has 366 valence electrons. The molecule has 1 aromatic carbocycles. The van der Waals surface area contributed by atoms with Crippen molar-refractivity contribution in [1.82, 2.24) is 41.8 Å². The number of carboxylic acids is 2. The van der Waals surface area contributed by atoms with Crippen LogP contribution < -0.4 is 37.6 Å². The number of carbonyl (C=O) groups is 9. The highest BCUT2D eigenvalue weighted by atomic mass is 32.2. The number of thioether (sulfide) groups is 1. The first-order valence-corrected chi connectivity index (χ1v) is 24.5. The minimum Gasteiger partial charge on any atom is -0.481 e. The summed E-state index contributed by atoms with van der Waals surface area (Å²) in [6, 6.07) is -2.85. The summed E-state index contributed by atoms with van der Waals surface area (Å²) in [5.74, 6) is -8.39. The second kappa shape index (κ2) is 27.0. The van der Waals surface area contributed by atoms with Crippen molar-refractivity contribution >= 4 is 101 Å². The zero-order chi connectivity index (χ0) is 49.2. The number of thiol groups is 2. The predicted octanol–water partition coefficient (Wildman–Crippen LogP) is 0.202. The first kappa shape index (κ1) is 55.3. The van der Waals surface area contributed by atoms with Gasteiger partial charge < -0.3 is 57.7 Å². The van der Waals surface area contributed by atoms with Crippen molar-refractivity contribution in [2.24, 2.45) is 17.6 Å². The van der Waals surface area contributed by atoms with E-state index in [0.717, 1.165) is 15.8 Å². The summed E-state index contributed by atoms with van der Waals surface area (Å²) in [5.41, 5.74) is 7.23. The molecule has 66 heavy (non-hydrogen) atoms. The fraction of sp³-hybridized carbons (Fsp3) is 0.605. The molecule has 0 saturated carbocycles. The molecule has 0 unspecified atom stereocenters. The molecule has 0 bridgehead atoms. The molecule has 1 aliphatic heterocycles. The van der Waals surface area contributed by atoms with Gasteiger partial charge in [0, 0.05) is 41.6 Å². The number of para-hydroxylation sites is 1. The maximum absolute atomic E-state index is 14.3. The molecule has 7 amide bonds. The molecule has 1 aliphatic rings. The van der Waals surface area contributed by atoms with E-state index in [1.54, 1.807) is 32.4 Å². The van der Waals surface area contributed by atoms with Gasteiger partial charge in [-0.3, -0.25) is 38.4 Å². The van der Waals surface area contributed by atoms with Crippen molar-refractivity contribution < 1.29 is 53.4 Å². The van der Waals surface area contributed by atoms with Gasteiger partial charge in [0.1, 0.15) is 42.3 Å². The summed E-state index contributed by atoms with van der Waals surface area (Å²) in [6.45, 7) is 7.18. The number of nitrogens with one attached hydrogen (secondary N) is 7. The number of hydrogen-bond donors (Lipinski definition) is 12. The van der Waals surface area contributed by atoms with Gasteiger partial charge in [0.2, 0.25) is 41.4 Å². The minimum absolute atomic E-state index is 0.00785. The number of aromatic amines is 1. The lowest BCUT2D eigenvalue weighted by molar-refractivity contribution is -0.146. The molecule has 20 nitrogen and oxygen atoms in total. The molecule has 3 rings (SSSR count). The van der Waals surface area contributed by atoms with Crippen LogP contribution in [-0.2, 0) is 49.6 Å². The van der Waals surface area contributed by atoms with Crippen molar-refractivity contribution in [3.8, 4) is 0 Å². The van der Waals surface area contributed by atoms with Crippen LogP contribution in [0.15, 0.2) is 30.5 Å². The highest BCUT2D eigenvalue weighted by Gasteiger charge is 2.41. The smallest absolute Gasteiger partial charge is 0.327 e. The molecular weight excluding hydrogens is 915 g/mol. The SMILES string of the molecule is CC[C@H](C)[C@H](NC(=O)[C@H](CCSC)NC(=O)[C@@H]1CCCN1C(=O)[C@H](CC(=O)O)NC(=O)[C@H](Cc1c[nH]c2ccccc12)NC(=O)[C@H](CC(C)C)NC(=O)[C@@H](N)CS)C(=O)N[C@@H](CS)C(=O)O. The second-order valence-corrected chi connectivity index (χ2v) is 18.5. The zero-order valence-corrected chi connectivity index (χ0v) is 40.4. The van der Waals surface area contributed by atoms with Gasteiger partial charge in [-0.05, 0) is 61.2 Å². The van der Waals surface area contributed by atoms with Crippen molar-refractivity contribution in [3.63, 3.8) is 0 Å². The van der Waals surface area contributed by atoms with Crippen LogP contribution in [0.25, 0.3) is 10.9 Å². The molecule has 0 aliphatic carbocycles. The number of rotatable bonds is 27. The molecule has 11 N–H and O–H groups in total. The van der Waals surface area contributed by atoms with Gasteiger partial charge in [-0.25, -0.2) is 4.79 Å². The Hall–Kier alpha value is -5.00. The Labute approximate surface area is 399 Å². The van der Waals surface area contributed by atoms with E-state index in [-0.39, 0.29) is 49.7 Å². The monoisotopic (exact) mass is 979 g/mol. The Morgan fingerprint density at radius 2 is 1.44 bits per heavy atom. The van der Waals surface area contributed by atoms with E-state index in [4.69, 9.17) is 5.73 Å². The summed E-state index contributed by atoms with van der Waals surface area (Å²) < 4.78 is 0. The second-order valence-electron chi connectivity index (χ2n) is 16.7. The number of H-pyrrole nitrogens is 1. The molecule has 9 atom stereocenters. The van der Waals surface area contributed by atoms with Crippen molar-refractivity contribution in [2.75, 3.05) is 30.1 Å². The highest BCUT2D eigenvalue weighted by Crippen LogP contribution is 2.22. The number of hydrogen-bond acceptors (Lipinski definition) is 13. The lowest BCUT2D eigenvalue weighted by Crippen LogP contribution is -2.61. The summed E-state index contributed by atoms with van der Waals surface area (Å²) >= 11 is 9.47. The standard InChI is InChI=1S/C43H65N9O11S3/c1-6-23(4)35(41(60)50-32(21-65)43(62)63)51-37(56)28(13-15-66-5)46-40(59)33-12-9-14-52(33)42(61)31(18-34(53)54)49-39(58)30(17-24-19-45-27-11-8-7-10-25(24)27)48-38(57)29(16-22(2)3)47-36(55)26(44)20-64/h7-8,10-11,19,22-23,26,28-33,35,45,64-65H,6,9,12-18,20-21,44H2,1-5H3,(H,46,59)(H,47,55)(H,48,57)(H,49,58)(H,50,60)(H,51,56)(H,53,54)(H,62,63)/t23-,26-,28-,29-,30-,31-,32-,33-,35-/m0/s1. The first-order valence-electron chi connectivity index (χ1n) is 21.8. The van der Waals surface area contributed by atoms with Gasteiger partial charge in [0.15, 0.2) is 0 Å². The molecule has 1 saturated heterocycles. The van der Waals surface area contributed by atoms with Crippen LogP contribution in [0.1, 0.15) is 71.8 Å². The molecule has 2 aromatic rings. The summed E-state index contributed by atoms with van der Waals surface area (Å²) in [4.78, 5) is 125. The van der Waals surface area contributed by atoms with E-state index < -0.39 is 114 Å². The minimum atomic E-state index is -1.71. The predicted molar refractivity (Wildman–Crippen MR) is 256 cm³/mol. The number of carboxylic acid groups (broad SMARTS) is 2. The number of likely N-dealkylation sites (tertiary alicyclic amines) is 1. The van der Waals surface area contributed by atoms with Crippen molar-refractivity contribution in [1.29, 1.82) is 0 Å². The first-order chi connectivity index (χ1) is 31.3. The van der Waals surface area contributed by atoms with Gasteiger partial charge in [-0.15, -0.1) is 0 Å². The van der Waals surface area contributed by atoms with Crippen LogP contribution in [0.5, 0.6) is 0 Å². The fourth-order valence-electron chi connectivity index (χ4n) is 7.39. The molecule has 1 aromatic heterocycles. The number of nitrogens with zero attached hydrogens (tertiary/aromatic N) is 1. The number of fused-ring (bicyclic) bond motifs is 1. The summed E-state index contributed by atoms with van der Waals surface area (Å²) in [6.07, 6.45) is 3.65. The van der Waals surface area contributed by atoms with Crippen LogP contribution in [0.3, 0.4) is 0 Å². The van der Waals surface area contributed by atoms with E-state index in [2.05, 4.69) is 62.1 Å². The van der Waals surface area contributed by atoms with Crippen LogP contribution in [0, 0.1) is 11.8 Å². The number of carbonyl (C=O) groups excluding carboxylic acids is 7. The van der Waals surface area contributed by atoms with E-state index in [0.29, 0.717) is 24.2 Å². The number of aliphatic carboxylic acids is 2. The van der Waals surface area contributed by atoms with Crippen LogP contribution in [0.2, 0.25) is 0 Å². The summed E-state index contributed by atoms with van der Waals surface area (Å²) in [5, 5.41) is 35.8. The Balaban J connectivity index is 1.90. The highest BCUT2D eigenvalue weighted by molar-refractivity contribution is 7.98. The topological polar surface area (TPSA) is 311 Å². The van der Waals surface area contributed by atoms with E-state index in [1.807, 2.05) is 32.0 Å². The average molecular weight is 980 g/mol. The van der Waals surface area contributed by atoms with E-state index >= 15 is 0 Å². The average Bonchev–Trinajstić information content (AvgIpc) is 3.94. The number of amides is 7. The van der Waals surface area contributed by atoms with Crippen molar-refractivity contribution in [2.45, 2.75) is 121 Å². The Kier molecular flexibility index (Phi) is 22.6. The Bertz CT molecular complexity index is 2040. The Morgan fingerprint density at radius 3 is 2.05 bits per heavy atom. The zero-order valence-electron chi connectivity index (χ0n) is 37.8. The number of aromatic nitrogens is 1. The van der Waals surface area contributed by atoms with Gasteiger partial charge in [-0.1, -0.05) is 52.3 Å².